The number of carbonyl (C=O) groups is 1. The Bertz CT molecular complexity index is 2230. The lowest BCUT2D eigenvalue weighted by atomic mass is 9.55. The molecule has 0 bridgehead atoms. The predicted molar refractivity (Wildman–Crippen MR) is 235 cm³/mol. The molecule has 2 N–H and O–H groups in total. The summed E-state index contributed by atoms with van der Waals surface area (Å²) in [4.78, 5) is 34.4. The molecule has 63 heavy (non-hydrogen) atoms. The summed E-state index contributed by atoms with van der Waals surface area (Å²) in [5.74, 6) is 0.298. The quantitative estimate of drug-likeness (QED) is 0.0510. The van der Waals surface area contributed by atoms with Crippen LogP contribution in [0.1, 0.15) is 95.6 Å². The van der Waals surface area contributed by atoms with Crippen LogP contribution in [0.15, 0.2) is 90.1 Å². The molecule has 2 heterocycles. The van der Waals surface area contributed by atoms with Crippen LogP contribution in [0.5, 0.6) is 28.7 Å². The molecule has 0 spiro atoms. The molecule has 2 aliphatic heterocycles. The van der Waals surface area contributed by atoms with E-state index in [1.807, 2.05) is 56.0 Å². The molecule has 14 heteroatoms. The molecule has 0 unspecified atom stereocenters. The number of aliphatic hydroxyl groups excluding tert-OH is 2. The van der Waals surface area contributed by atoms with Gasteiger partial charge in [0.1, 0.15) is 28.9 Å². The molecule has 0 radical (unpaired) electrons. The van der Waals surface area contributed by atoms with Gasteiger partial charge in [-0.05, 0) is 119 Å². The van der Waals surface area contributed by atoms with Gasteiger partial charge in [-0.2, -0.15) is 0 Å². The summed E-state index contributed by atoms with van der Waals surface area (Å²) in [7, 11) is 0. The van der Waals surface area contributed by atoms with Gasteiger partial charge in [0.05, 0.1) is 29.2 Å². The first-order valence-electron chi connectivity index (χ1n) is 22.3. The highest BCUT2D eigenvalue weighted by Gasteiger charge is 2.66. The molecule has 8 rings (SSSR count). The Hall–Kier alpha value is -5.44. The van der Waals surface area contributed by atoms with Crippen molar-refractivity contribution in [1.82, 2.24) is 4.90 Å². The highest BCUT2D eigenvalue weighted by atomic mass is 16.7. The van der Waals surface area contributed by atoms with E-state index in [0.717, 1.165) is 55.2 Å². The Morgan fingerprint density at radius 3 is 2.46 bits per heavy atom. The van der Waals surface area contributed by atoms with Crippen LogP contribution < -0.4 is 18.9 Å². The molecular weight excluding hydrogens is 807 g/mol. The van der Waals surface area contributed by atoms with Gasteiger partial charge >= 0.3 is 0 Å². The molecule has 1 amide bonds. The van der Waals surface area contributed by atoms with E-state index in [-0.39, 0.29) is 74.8 Å². The van der Waals surface area contributed by atoms with Gasteiger partial charge in [-0.15, -0.1) is 6.58 Å². The van der Waals surface area contributed by atoms with Crippen molar-refractivity contribution in [2.24, 2.45) is 28.8 Å². The smallest absolute Gasteiger partial charge is 0.273 e. The molecule has 0 aromatic heterocycles. The number of nitro benzene ring substituents is 1. The van der Waals surface area contributed by atoms with Gasteiger partial charge in [-0.1, -0.05) is 42.3 Å². The van der Waals surface area contributed by atoms with Crippen molar-refractivity contribution in [2.45, 2.75) is 108 Å². The van der Waals surface area contributed by atoms with E-state index >= 15 is 0 Å². The first-order valence-corrected chi connectivity index (χ1v) is 22.3. The number of allylic oxidation sites excluding steroid dienone is 1. The van der Waals surface area contributed by atoms with Crippen molar-refractivity contribution in [1.29, 1.82) is 0 Å². The largest absolute Gasteiger partial charge is 0.459 e. The second-order valence-electron chi connectivity index (χ2n) is 18.3. The van der Waals surface area contributed by atoms with E-state index in [2.05, 4.69) is 12.7 Å². The number of nitro groups is 1. The van der Waals surface area contributed by atoms with Gasteiger partial charge in [-0.3, -0.25) is 14.9 Å². The highest BCUT2D eigenvalue weighted by Crippen LogP contribution is 2.62. The molecule has 14 nitrogen and oxygen atoms in total. The number of carbonyl (C=O) groups excluding carboxylic acids is 1. The number of hydrogen-bond donors (Lipinski definition) is 2. The van der Waals surface area contributed by atoms with Crippen molar-refractivity contribution in [3.05, 3.63) is 106 Å². The van der Waals surface area contributed by atoms with Crippen LogP contribution in [0.25, 0.3) is 0 Å². The molecule has 2 saturated carbocycles. The third kappa shape index (κ3) is 9.44. The fourth-order valence-corrected chi connectivity index (χ4v) is 9.84. The van der Waals surface area contributed by atoms with E-state index in [0.29, 0.717) is 47.3 Å². The van der Waals surface area contributed by atoms with Crippen molar-refractivity contribution in [3.63, 3.8) is 0 Å². The van der Waals surface area contributed by atoms with Crippen LogP contribution in [-0.2, 0) is 20.9 Å². The summed E-state index contributed by atoms with van der Waals surface area (Å²) in [5.41, 5.74) is 2.66. The van der Waals surface area contributed by atoms with Crippen LogP contribution in [-0.4, -0.2) is 75.7 Å². The Balaban J connectivity index is 1.33. The number of unbranched alkanes of at least 4 members (excludes halogenated alkanes) is 2. The molecule has 6 atom stereocenters. The topological polar surface area (TPSA) is 172 Å². The standard InChI is InChI=1S/C49H59N3O11/c1-5-23-60-49-44(51(47(55)32-16-17-32)29-31-15-19-42-43(24-31)59-30-58-42)28-40(50-63-48(2,3)4)38-25-33(11-6-8-21-53)37(14-7-9-22-54)45(46(38)49)39-27-36(18-20-41(39)62-49)61-35-13-10-12-34(26-35)52(56)57/h5,10,12-13,15,18-20,24-27,32-33,37,44-46,53-54H,1,6-9,11,14,16-17,21-23,28-30H2,2-4H3/t33-,37+,44-,45+,46+,49+/m0/s1. The maximum atomic E-state index is 14.9. The monoisotopic (exact) mass is 865 g/mol. The number of non-ortho nitro benzene ring substituents is 1. The molecule has 0 saturated heterocycles. The van der Waals surface area contributed by atoms with Gasteiger partial charge < -0.3 is 43.6 Å². The van der Waals surface area contributed by atoms with Gasteiger partial charge in [0.25, 0.3) is 5.69 Å². The third-order valence-corrected chi connectivity index (χ3v) is 12.7. The van der Waals surface area contributed by atoms with Crippen LogP contribution in [0, 0.1) is 33.8 Å². The summed E-state index contributed by atoms with van der Waals surface area (Å²) in [6, 6.07) is 16.8. The minimum absolute atomic E-state index is 0.00334. The average molecular weight is 866 g/mol. The Kier molecular flexibility index (Phi) is 13.1. The van der Waals surface area contributed by atoms with Gasteiger partial charge in [0, 0.05) is 49.6 Å². The van der Waals surface area contributed by atoms with Crippen LogP contribution in [0.3, 0.4) is 0 Å². The SMILES string of the molecule is C=CCO[C@@]12Oc3ccc(Oc4cccc([N+](=O)[O-])c4)cc3[C@H]3[C@H](CCCCO)[C@@H](CCCCO)C=C(C(=NOC(C)(C)C)C[C@@H]1N(Cc1ccc4c(c1)OCO4)C(=O)C1CC1)[C@H]32. The van der Waals surface area contributed by atoms with E-state index in [1.165, 1.54) is 12.1 Å². The lowest BCUT2D eigenvalue weighted by molar-refractivity contribution is -0.384. The maximum Gasteiger partial charge on any atom is 0.273 e. The van der Waals surface area contributed by atoms with Gasteiger partial charge in [0.2, 0.25) is 18.5 Å². The Labute approximate surface area is 368 Å². The molecular formula is C49H59N3O11. The minimum Gasteiger partial charge on any atom is -0.459 e. The molecule has 3 aromatic rings. The zero-order chi connectivity index (χ0) is 44.3. The van der Waals surface area contributed by atoms with Crippen molar-refractivity contribution >= 4 is 17.3 Å². The number of fused-ring (bicyclic) bond motifs is 3. The zero-order valence-corrected chi connectivity index (χ0v) is 36.4. The first kappa shape index (κ1) is 44.2. The first-order chi connectivity index (χ1) is 30.4. The fraction of sp³-hybridized carbons (Fsp3) is 0.510. The Morgan fingerprint density at radius 1 is 0.984 bits per heavy atom. The van der Waals surface area contributed by atoms with E-state index in [9.17, 15) is 25.1 Å². The summed E-state index contributed by atoms with van der Waals surface area (Å²) in [6.45, 7) is 10.6. The number of nitrogens with zero attached hydrogens (tertiary/aromatic N) is 3. The lowest BCUT2D eigenvalue weighted by Gasteiger charge is -2.60. The van der Waals surface area contributed by atoms with Crippen LogP contribution >= 0.6 is 0 Å². The minimum atomic E-state index is -1.44. The number of amides is 1. The molecule has 5 aliphatic rings. The maximum absolute atomic E-state index is 14.9. The molecule has 3 aromatic carbocycles. The predicted octanol–water partition coefficient (Wildman–Crippen LogP) is 8.99. The van der Waals surface area contributed by atoms with Gasteiger partial charge in [-0.25, -0.2) is 0 Å². The van der Waals surface area contributed by atoms with E-state index < -0.39 is 28.3 Å². The fourth-order valence-electron chi connectivity index (χ4n) is 9.84. The number of ether oxygens (including phenoxy) is 5. The number of rotatable bonds is 19. The molecule has 336 valence electrons. The highest BCUT2D eigenvalue weighted by molar-refractivity contribution is 6.03. The van der Waals surface area contributed by atoms with Crippen molar-refractivity contribution < 1.29 is 48.5 Å². The summed E-state index contributed by atoms with van der Waals surface area (Å²) >= 11 is 0. The number of hydrogen-bond acceptors (Lipinski definition) is 12. The number of benzene rings is 3. The molecule has 3 aliphatic carbocycles. The Morgan fingerprint density at radius 2 is 1.73 bits per heavy atom. The second kappa shape index (κ2) is 18.7. The summed E-state index contributed by atoms with van der Waals surface area (Å²) < 4.78 is 32.3. The lowest BCUT2D eigenvalue weighted by Crippen LogP contribution is -2.70. The third-order valence-electron chi connectivity index (χ3n) is 12.7. The number of aliphatic hydroxyl groups is 2. The van der Waals surface area contributed by atoms with E-state index in [1.54, 1.807) is 24.3 Å². The van der Waals surface area contributed by atoms with E-state index in [4.69, 9.17) is 33.7 Å². The molecule has 2 fully saturated rings. The van der Waals surface area contributed by atoms with Crippen LogP contribution in [0.4, 0.5) is 5.69 Å². The van der Waals surface area contributed by atoms with Crippen molar-refractivity contribution in [2.75, 3.05) is 26.6 Å². The summed E-state index contributed by atoms with van der Waals surface area (Å²) in [6.07, 6.45) is 10.3. The number of oxime groups is 1. The summed E-state index contributed by atoms with van der Waals surface area (Å²) in [5, 5.41) is 36.6. The normalized spacial score (nSPS) is 25.0. The van der Waals surface area contributed by atoms with Crippen molar-refractivity contribution in [3.8, 4) is 28.7 Å². The zero-order valence-electron chi connectivity index (χ0n) is 36.4. The second-order valence-corrected chi connectivity index (χ2v) is 18.3. The van der Waals surface area contributed by atoms with Gasteiger partial charge in [0.15, 0.2) is 11.5 Å². The average Bonchev–Trinajstić information content (AvgIpc) is 4.02. The van der Waals surface area contributed by atoms with Crippen LogP contribution in [0.2, 0.25) is 0 Å².